The lowest BCUT2D eigenvalue weighted by molar-refractivity contribution is 0.947. The second kappa shape index (κ2) is 8.01. The van der Waals surface area contributed by atoms with Crippen molar-refractivity contribution in [1.29, 1.82) is 0 Å². The van der Waals surface area contributed by atoms with Crippen LogP contribution in [0, 0.1) is 13.8 Å². The molecule has 102 valence electrons. The molecule has 19 heavy (non-hydrogen) atoms. The summed E-state index contributed by atoms with van der Waals surface area (Å²) in [6.07, 6.45) is 2.06. The smallest absolute Gasteiger partial charge is 0.0440 e. The molecular weight excluding hydrogens is 252 g/mol. The number of aryl methyl sites for hydroxylation is 3. The molecule has 1 heteroatoms. The van der Waals surface area contributed by atoms with Gasteiger partial charge in [-0.2, -0.15) is 0 Å². The molecule has 0 radical (unpaired) electrons. The molecule has 0 aliphatic carbocycles. The maximum atomic E-state index is 6.23. The minimum Gasteiger partial charge on any atom is -0.0840 e. The van der Waals surface area contributed by atoms with E-state index in [9.17, 15) is 0 Å². The van der Waals surface area contributed by atoms with Gasteiger partial charge in [0.2, 0.25) is 0 Å². The number of hydrogen-bond acceptors (Lipinski definition) is 0. The van der Waals surface area contributed by atoms with Crippen molar-refractivity contribution in [1.82, 2.24) is 0 Å². The average molecular weight is 275 g/mol. The summed E-state index contributed by atoms with van der Waals surface area (Å²) in [5.41, 5.74) is 5.25. The van der Waals surface area contributed by atoms with Crippen LogP contribution in [0.25, 0.3) is 0 Å². The predicted octanol–water partition coefficient (Wildman–Crippen LogP) is 5.77. The fourth-order valence-electron chi connectivity index (χ4n) is 2.12. The van der Waals surface area contributed by atoms with Gasteiger partial charge in [0.25, 0.3) is 0 Å². The standard InChI is InChI=1S/C16H17Cl.C2H6/c1-12-5-3-7-14(11-12)9-10-15-13(2)6-4-8-16(15)17;1-2/h3-8,11H,9-10H2,1-2H3;1-2H3. The monoisotopic (exact) mass is 274 g/mol. The largest absolute Gasteiger partial charge is 0.0840 e. The van der Waals surface area contributed by atoms with Crippen LogP contribution in [0.1, 0.15) is 36.1 Å². The van der Waals surface area contributed by atoms with Crippen LogP contribution in [0.15, 0.2) is 42.5 Å². The molecule has 0 aliphatic rings. The minimum absolute atomic E-state index is 0.887. The van der Waals surface area contributed by atoms with Crippen LogP contribution in [0.5, 0.6) is 0 Å². The number of benzene rings is 2. The molecule has 0 atom stereocenters. The molecule has 2 aromatic rings. The molecule has 0 fully saturated rings. The molecule has 0 N–H and O–H groups in total. The van der Waals surface area contributed by atoms with Crippen molar-refractivity contribution in [3.05, 3.63) is 69.7 Å². The van der Waals surface area contributed by atoms with Crippen molar-refractivity contribution >= 4 is 11.6 Å². The molecule has 0 bridgehead atoms. The second-order valence-corrected chi connectivity index (χ2v) is 4.93. The number of halogens is 1. The summed E-state index contributed by atoms with van der Waals surface area (Å²) in [7, 11) is 0. The molecular formula is C18H23Cl. The quantitative estimate of drug-likeness (QED) is 0.667. The van der Waals surface area contributed by atoms with E-state index < -0.39 is 0 Å². The summed E-state index contributed by atoms with van der Waals surface area (Å²) in [5.74, 6) is 0. The fourth-order valence-corrected chi connectivity index (χ4v) is 2.44. The van der Waals surface area contributed by atoms with Crippen LogP contribution in [0.3, 0.4) is 0 Å². The Hall–Kier alpha value is -1.27. The van der Waals surface area contributed by atoms with Gasteiger partial charge in [0, 0.05) is 5.02 Å². The topological polar surface area (TPSA) is 0 Å². The summed E-state index contributed by atoms with van der Waals surface area (Å²) in [4.78, 5) is 0. The van der Waals surface area contributed by atoms with E-state index in [1.165, 1.54) is 22.3 Å². The predicted molar refractivity (Wildman–Crippen MR) is 86.1 cm³/mol. The van der Waals surface area contributed by atoms with Crippen LogP contribution in [-0.2, 0) is 12.8 Å². The zero-order chi connectivity index (χ0) is 14.3. The van der Waals surface area contributed by atoms with E-state index in [1.54, 1.807) is 0 Å². The van der Waals surface area contributed by atoms with E-state index in [0.29, 0.717) is 0 Å². The molecule has 0 aliphatic heterocycles. The van der Waals surface area contributed by atoms with Crippen molar-refractivity contribution in [2.75, 3.05) is 0 Å². The third-order valence-electron chi connectivity index (χ3n) is 3.10. The lowest BCUT2D eigenvalue weighted by atomic mass is 10.00. The van der Waals surface area contributed by atoms with Crippen LogP contribution in [0.2, 0.25) is 5.02 Å². The average Bonchev–Trinajstić information content (AvgIpc) is 2.40. The van der Waals surface area contributed by atoms with Crippen molar-refractivity contribution in [3.63, 3.8) is 0 Å². The number of hydrogen-bond donors (Lipinski definition) is 0. The first-order valence-corrected chi connectivity index (χ1v) is 7.34. The third-order valence-corrected chi connectivity index (χ3v) is 3.45. The van der Waals surface area contributed by atoms with Gasteiger partial charge < -0.3 is 0 Å². The Balaban J connectivity index is 0.000000861. The van der Waals surface area contributed by atoms with Gasteiger partial charge in [0.15, 0.2) is 0 Å². The molecule has 0 amide bonds. The van der Waals surface area contributed by atoms with Gasteiger partial charge in [-0.05, 0) is 49.4 Å². The van der Waals surface area contributed by atoms with Crippen molar-refractivity contribution in [3.8, 4) is 0 Å². The zero-order valence-electron chi connectivity index (χ0n) is 12.3. The molecule has 0 saturated carbocycles. The summed E-state index contributed by atoms with van der Waals surface area (Å²) in [6, 6.07) is 14.8. The van der Waals surface area contributed by atoms with Crippen LogP contribution in [0.4, 0.5) is 0 Å². The molecule has 0 nitrogen and oxygen atoms in total. The third kappa shape index (κ3) is 4.72. The lowest BCUT2D eigenvalue weighted by Crippen LogP contribution is -1.95. The Morgan fingerprint density at radius 3 is 2.21 bits per heavy atom. The molecule has 0 aromatic heterocycles. The van der Waals surface area contributed by atoms with E-state index in [2.05, 4.69) is 44.2 Å². The van der Waals surface area contributed by atoms with E-state index in [1.807, 2.05) is 26.0 Å². The number of rotatable bonds is 3. The molecule has 0 spiro atoms. The molecule has 0 unspecified atom stereocenters. The first-order chi connectivity index (χ1) is 9.16. The van der Waals surface area contributed by atoms with E-state index in [0.717, 1.165) is 17.9 Å². The second-order valence-electron chi connectivity index (χ2n) is 4.52. The van der Waals surface area contributed by atoms with Crippen molar-refractivity contribution in [2.45, 2.75) is 40.5 Å². The highest BCUT2D eigenvalue weighted by atomic mass is 35.5. The van der Waals surface area contributed by atoms with Gasteiger partial charge in [-0.15, -0.1) is 0 Å². The summed E-state index contributed by atoms with van der Waals surface area (Å²) in [5, 5.41) is 0.887. The van der Waals surface area contributed by atoms with Gasteiger partial charge in [-0.1, -0.05) is 67.4 Å². The Morgan fingerprint density at radius 1 is 0.895 bits per heavy atom. The van der Waals surface area contributed by atoms with Gasteiger partial charge >= 0.3 is 0 Å². The van der Waals surface area contributed by atoms with Gasteiger partial charge in [0.1, 0.15) is 0 Å². The maximum Gasteiger partial charge on any atom is 0.0440 e. The summed E-state index contributed by atoms with van der Waals surface area (Å²) >= 11 is 6.23. The summed E-state index contributed by atoms with van der Waals surface area (Å²) in [6.45, 7) is 8.25. The first-order valence-electron chi connectivity index (χ1n) is 6.96. The lowest BCUT2D eigenvalue weighted by Gasteiger charge is -2.08. The van der Waals surface area contributed by atoms with E-state index in [4.69, 9.17) is 11.6 Å². The van der Waals surface area contributed by atoms with Gasteiger partial charge in [-0.3, -0.25) is 0 Å². The molecule has 2 aromatic carbocycles. The van der Waals surface area contributed by atoms with Crippen molar-refractivity contribution in [2.24, 2.45) is 0 Å². The fraction of sp³-hybridized carbons (Fsp3) is 0.333. The highest BCUT2D eigenvalue weighted by Gasteiger charge is 2.04. The van der Waals surface area contributed by atoms with Crippen LogP contribution >= 0.6 is 11.6 Å². The van der Waals surface area contributed by atoms with Gasteiger partial charge in [0.05, 0.1) is 0 Å². The highest BCUT2D eigenvalue weighted by molar-refractivity contribution is 6.31. The van der Waals surface area contributed by atoms with Gasteiger partial charge in [-0.25, -0.2) is 0 Å². The molecule has 0 saturated heterocycles. The van der Waals surface area contributed by atoms with E-state index in [-0.39, 0.29) is 0 Å². The first kappa shape index (κ1) is 15.8. The summed E-state index contributed by atoms with van der Waals surface area (Å²) < 4.78 is 0. The van der Waals surface area contributed by atoms with Crippen molar-refractivity contribution < 1.29 is 0 Å². The Morgan fingerprint density at radius 2 is 1.58 bits per heavy atom. The SMILES string of the molecule is CC.Cc1cccc(CCc2c(C)cccc2Cl)c1. The van der Waals surface area contributed by atoms with Crippen LogP contribution < -0.4 is 0 Å². The zero-order valence-corrected chi connectivity index (χ0v) is 13.1. The maximum absolute atomic E-state index is 6.23. The van der Waals surface area contributed by atoms with Crippen LogP contribution in [-0.4, -0.2) is 0 Å². The Bertz CT molecular complexity index is 495. The normalized spacial score (nSPS) is 9.74. The highest BCUT2D eigenvalue weighted by Crippen LogP contribution is 2.21. The van der Waals surface area contributed by atoms with E-state index >= 15 is 0 Å². The minimum atomic E-state index is 0.887. The Labute approximate surface area is 122 Å². The molecule has 2 rings (SSSR count). The Kier molecular flexibility index (Phi) is 6.66. The molecule has 0 heterocycles.